The largest absolute Gasteiger partial charge is 0.378 e. The molecular formula is C16H21N5OS. The number of hydrogen-bond donors (Lipinski definition) is 2. The molecule has 2 heterocycles. The first-order valence-electron chi connectivity index (χ1n) is 7.85. The Hall–Kier alpha value is -2.15. The molecule has 0 spiro atoms. The topological polar surface area (TPSA) is 70.2 Å². The van der Waals surface area contributed by atoms with E-state index in [9.17, 15) is 4.79 Å². The van der Waals surface area contributed by atoms with Gasteiger partial charge >= 0.3 is 6.03 Å². The highest BCUT2D eigenvalue weighted by Gasteiger charge is 2.19. The van der Waals surface area contributed by atoms with Crippen LogP contribution in [0.3, 0.4) is 0 Å². The van der Waals surface area contributed by atoms with Crippen molar-refractivity contribution in [2.75, 3.05) is 23.3 Å². The SMILES string of the molecule is CC(C)c1nnc(CNc2cccc(N3CCCNC3=O)c2)s1. The van der Waals surface area contributed by atoms with E-state index in [0.717, 1.165) is 40.9 Å². The quantitative estimate of drug-likeness (QED) is 0.883. The summed E-state index contributed by atoms with van der Waals surface area (Å²) < 4.78 is 0. The molecule has 6 nitrogen and oxygen atoms in total. The van der Waals surface area contributed by atoms with E-state index in [4.69, 9.17) is 0 Å². The number of rotatable bonds is 5. The van der Waals surface area contributed by atoms with E-state index in [0.29, 0.717) is 12.5 Å². The van der Waals surface area contributed by atoms with Gasteiger partial charge in [-0.15, -0.1) is 10.2 Å². The first kappa shape index (κ1) is 15.7. The van der Waals surface area contributed by atoms with Gasteiger partial charge in [0.2, 0.25) is 0 Å². The van der Waals surface area contributed by atoms with Crippen LogP contribution in [0.1, 0.15) is 36.2 Å². The molecule has 2 aromatic rings. The third-order valence-electron chi connectivity index (χ3n) is 3.66. The highest BCUT2D eigenvalue weighted by molar-refractivity contribution is 7.11. The summed E-state index contributed by atoms with van der Waals surface area (Å²) in [5.74, 6) is 0.405. The summed E-state index contributed by atoms with van der Waals surface area (Å²) in [6.07, 6.45) is 0.964. The maximum absolute atomic E-state index is 11.9. The maximum Gasteiger partial charge on any atom is 0.321 e. The van der Waals surface area contributed by atoms with Gasteiger partial charge in [0, 0.05) is 30.4 Å². The zero-order valence-corrected chi connectivity index (χ0v) is 14.2. The molecule has 1 aromatic heterocycles. The fourth-order valence-corrected chi connectivity index (χ4v) is 3.19. The minimum absolute atomic E-state index is 0.0286. The third kappa shape index (κ3) is 3.79. The highest BCUT2D eigenvalue weighted by Crippen LogP contribution is 2.23. The number of benzene rings is 1. The summed E-state index contributed by atoms with van der Waals surface area (Å²) in [5.41, 5.74) is 1.88. The number of carbonyl (C=O) groups is 1. The van der Waals surface area contributed by atoms with Crippen LogP contribution in [0.25, 0.3) is 0 Å². The van der Waals surface area contributed by atoms with Crippen LogP contribution in [-0.4, -0.2) is 29.3 Å². The van der Waals surface area contributed by atoms with Gasteiger partial charge in [0.05, 0.1) is 6.54 Å². The van der Waals surface area contributed by atoms with Gasteiger partial charge < -0.3 is 10.6 Å². The number of aromatic nitrogens is 2. The average Bonchev–Trinajstić information content (AvgIpc) is 3.03. The molecule has 1 saturated heterocycles. The average molecular weight is 331 g/mol. The monoisotopic (exact) mass is 331 g/mol. The zero-order chi connectivity index (χ0) is 16.2. The van der Waals surface area contributed by atoms with Crippen LogP contribution in [0.5, 0.6) is 0 Å². The molecule has 3 rings (SSSR count). The highest BCUT2D eigenvalue weighted by atomic mass is 32.1. The second-order valence-electron chi connectivity index (χ2n) is 5.83. The lowest BCUT2D eigenvalue weighted by atomic mass is 10.2. The van der Waals surface area contributed by atoms with Crippen molar-refractivity contribution in [3.63, 3.8) is 0 Å². The van der Waals surface area contributed by atoms with Crippen molar-refractivity contribution in [2.24, 2.45) is 0 Å². The lowest BCUT2D eigenvalue weighted by molar-refractivity contribution is 0.243. The second kappa shape index (κ2) is 6.95. The Labute approximate surface area is 139 Å². The van der Waals surface area contributed by atoms with Gasteiger partial charge in [-0.25, -0.2) is 4.79 Å². The molecule has 1 aliphatic rings. The van der Waals surface area contributed by atoms with E-state index in [1.807, 2.05) is 24.3 Å². The minimum atomic E-state index is -0.0286. The Morgan fingerprint density at radius 2 is 2.26 bits per heavy atom. The van der Waals surface area contributed by atoms with Crippen LogP contribution in [-0.2, 0) is 6.54 Å². The molecule has 0 atom stereocenters. The predicted octanol–water partition coefficient (Wildman–Crippen LogP) is 3.19. The molecule has 0 saturated carbocycles. The predicted molar refractivity (Wildman–Crippen MR) is 93.1 cm³/mol. The summed E-state index contributed by atoms with van der Waals surface area (Å²) in [6, 6.07) is 7.88. The molecule has 0 unspecified atom stereocenters. The van der Waals surface area contributed by atoms with Gasteiger partial charge in [-0.3, -0.25) is 4.90 Å². The summed E-state index contributed by atoms with van der Waals surface area (Å²) >= 11 is 1.63. The molecule has 1 aromatic carbocycles. The van der Waals surface area contributed by atoms with Crippen LogP contribution in [0.2, 0.25) is 0 Å². The second-order valence-corrected chi connectivity index (χ2v) is 6.92. The van der Waals surface area contributed by atoms with E-state index >= 15 is 0 Å². The fourth-order valence-electron chi connectivity index (χ4n) is 2.41. The molecule has 1 aliphatic heterocycles. The van der Waals surface area contributed by atoms with Crippen molar-refractivity contribution >= 4 is 28.7 Å². The number of amides is 2. The van der Waals surface area contributed by atoms with Crippen LogP contribution < -0.4 is 15.5 Å². The number of anilines is 2. The molecular weight excluding hydrogens is 310 g/mol. The zero-order valence-electron chi connectivity index (χ0n) is 13.4. The normalized spacial score (nSPS) is 14.9. The van der Waals surface area contributed by atoms with Gasteiger partial charge in [-0.05, 0) is 24.6 Å². The van der Waals surface area contributed by atoms with Gasteiger partial charge in [0.1, 0.15) is 10.0 Å². The molecule has 0 aliphatic carbocycles. The van der Waals surface area contributed by atoms with Crippen LogP contribution in [0.4, 0.5) is 16.2 Å². The van der Waals surface area contributed by atoms with E-state index in [2.05, 4.69) is 34.7 Å². The van der Waals surface area contributed by atoms with Crippen LogP contribution in [0.15, 0.2) is 24.3 Å². The summed E-state index contributed by atoms with van der Waals surface area (Å²) in [4.78, 5) is 13.7. The van der Waals surface area contributed by atoms with Crippen molar-refractivity contribution in [3.05, 3.63) is 34.3 Å². The lowest BCUT2D eigenvalue weighted by Gasteiger charge is -2.27. The summed E-state index contributed by atoms with van der Waals surface area (Å²) in [5, 5.41) is 16.7. The Morgan fingerprint density at radius 3 is 3.00 bits per heavy atom. The van der Waals surface area contributed by atoms with E-state index in [1.165, 1.54) is 0 Å². The van der Waals surface area contributed by atoms with E-state index < -0.39 is 0 Å². The molecule has 1 fully saturated rings. The van der Waals surface area contributed by atoms with E-state index in [-0.39, 0.29) is 6.03 Å². The first-order chi connectivity index (χ1) is 11.1. The molecule has 23 heavy (non-hydrogen) atoms. The fraction of sp³-hybridized carbons (Fsp3) is 0.438. The third-order valence-corrected chi connectivity index (χ3v) is 4.88. The Morgan fingerprint density at radius 1 is 1.39 bits per heavy atom. The van der Waals surface area contributed by atoms with Crippen molar-refractivity contribution in [2.45, 2.75) is 32.7 Å². The number of nitrogens with one attached hydrogen (secondary N) is 2. The van der Waals surface area contributed by atoms with Crippen molar-refractivity contribution < 1.29 is 4.79 Å². The summed E-state index contributed by atoms with van der Waals surface area (Å²) in [6.45, 7) is 6.38. The number of urea groups is 1. The first-order valence-corrected chi connectivity index (χ1v) is 8.66. The number of hydrogen-bond acceptors (Lipinski definition) is 5. The molecule has 2 N–H and O–H groups in total. The Kier molecular flexibility index (Phi) is 4.76. The van der Waals surface area contributed by atoms with Gasteiger partial charge in [0.25, 0.3) is 0 Å². The van der Waals surface area contributed by atoms with Gasteiger partial charge in [-0.2, -0.15) is 0 Å². The number of carbonyl (C=O) groups excluding carboxylic acids is 1. The maximum atomic E-state index is 11.9. The van der Waals surface area contributed by atoms with E-state index in [1.54, 1.807) is 16.2 Å². The smallest absolute Gasteiger partial charge is 0.321 e. The van der Waals surface area contributed by atoms with Crippen LogP contribution >= 0.6 is 11.3 Å². The molecule has 0 radical (unpaired) electrons. The van der Waals surface area contributed by atoms with Crippen molar-refractivity contribution in [3.8, 4) is 0 Å². The number of nitrogens with zero attached hydrogens (tertiary/aromatic N) is 3. The Bertz CT molecular complexity index is 685. The lowest BCUT2D eigenvalue weighted by Crippen LogP contribution is -2.46. The van der Waals surface area contributed by atoms with Crippen LogP contribution in [0, 0.1) is 0 Å². The van der Waals surface area contributed by atoms with Crippen molar-refractivity contribution in [1.29, 1.82) is 0 Å². The molecule has 0 bridgehead atoms. The van der Waals surface area contributed by atoms with Crippen molar-refractivity contribution in [1.82, 2.24) is 15.5 Å². The standard InChI is InChI=1S/C16H21N5OS/c1-11(2)15-20-19-14(23-15)10-18-12-5-3-6-13(9-12)21-8-4-7-17-16(21)22/h3,5-6,9,11,18H,4,7-8,10H2,1-2H3,(H,17,22). The summed E-state index contributed by atoms with van der Waals surface area (Å²) in [7, 11) is 0. The van der Waals surface area contributed by atoms with Gasteiger partial charge in [0.15, 0.2) is 0 Å². The molecule has 122 valence electrons. The van der Waals surface area contributed by atoms with Gasteiger partial charge in [-0.1, -0.05) is 31.3 Å². The minimum Gasteiger partial charge on any atom is -0.378 e. The Balaban J connectivity index is 1.66. The molecule has 2 amide bonds. The molecule has 7 heteroatoms.